The Kier molecular flexibility index (Phi) is 50.6. The van der Waals surface area contributed by atoms with Crippen molar-refractivity contribution in [2.24, 2.45) is 0 Å². The van der Waals surface area contributed by atoms with Crippen LogP contribution in [-0.4, -0.2) is 68.5 Å². The van der Waals surface area contributed by atoms with Gasteiger partial charge in [0.15, 0.2) is 0 Å². The Morgan fingerprint density at radius 1 is 0.500 bits per heavy atom. The molecule has 0 saturated heterocycles. The summed E-state index contributed by atoms with van der Waals surface area (Å²) < 4.78 is 23.4. The van der Waals surface area contributed by atoms with Crippen LogP contribution in [0.1, 0.15) is 309 Å². The minimum atomic E-state index is -4.59. The maximum absolute atomic E-state index is 12.9. The van der Waals surface area contributed by atoms with Crippen LogP contribution >= 0.6 is 7.82 Å². The van der Waals surface area contributed by atoms with Crippen molar-refractivity contribution in [2.45, 2.75) is 321 Å². The molecule has 0 fully saturated rings. The van der Waals surface area contributed by atoms with Gasteiger partial charge in [-0.05, 0) is 19.3 Å². The highest BCUT2D eigenvalue weighted by molar-refractivity contribution is 7.45. The number of hydrogen-bond acceptors (Lipinski definition) is 6. The quantitative estimate of drug-likeness (QED) is 0.0272. The minimum absolute atomic E-state index is 0.00266. The van der Waals surface area contributed by atoms with Crippen LogP contribution in [0.3, 0.4) is 0 Å². The lowest BCUT2D eigenvalue weighted by Gasteiger charge is -2.29. The van der Waals surface area contributed by atoms with Gasteiger partial charge in [0.1, 0.15) is 13.2 Å². The predicted molar refractivity (Wildman–Crippen MR) is 293 cm³/mol. The largest absolute Gasteiger partial charge is 0.756 e. The van der Waals surface area contributed by atoms with Gasteiger partial charge in [0.25, 0.3) is 7.82 Å². The van der Waals surface area contributed by atoms with Gasteiger partial charge in [-0.15, -0.1) is 0 Å². The van der Waals surface area contributed by atoms with Gasteiger partial charge in [0.2, 0.25) is 5.91 Å². The Bertz CT molecular complexity index is 1120. The summed E-state index contributed by atoms with van der Waals surface area (Å²) in [4.78, 5) is 25.5. The number of amides is 1. The van der Waals surface area contributed by atoms with E-state index in [-0.39, 0.29) is 19.1 Å². The van der Waals surface area contributed by atoms with Crippen LogP contribution in [0.2, 0.25) is 0 Å². The Balaban J connectivity index is 4.08. The molecule has 2 N–H and O–H groups in total. The van der Waals surface area contributed by atoms with Crippen molar-refractivity contribution in [3.63, 3.8) is 0 Å². The molecular formula is C59H119N2O6P. The van der Waals surface area contributed by atoms with Crippen molar-refractivity contribution in [3.05, 3.63) is 12.2 Å². The van der Waals surface area contributed by atoms with Crippen molar-refractivity contribution in [2.75, 3.05) is 40.9 Å². The van der Waals surface area contributed by atoms with E-state index in [9.17, 15) is 19.4 Å². The van der Waals surface area contributed by atoms with Crippen LogP contribution < -0.4 is 10.2 Å². The third-order valence-electron chi connectivity index (χ3n) is 14.0. The second-order valence-corrected chi connectivity index (χ2v) is 23.5. The number of allylic oxidation sites excluding steroid dienone is 1. The fourth-order valence-electron chi connectivity index (χ4n) is 9.27. The number of likely N-dealkylation sites (N-methyl/N-ethyl adjacent to an activating group) is 1. The van der Waals surface area contributed by atoms with Crippen LogP contribution in [0, 0.1) is 0 Å². The van der Waals surface area contributed by atoms with Crippen molar-refractivity contribution in [1.82, 2.24) is 5.32 Å². The van der Waals surface area contributed by atoms with Crippen LogP contribution in [0.25, 0.3) is 0 Å². The fourth-order valence-corrected chi connectivity index (χ4v) is 10.00. The van der Waals surface area contributed by atoms with Gasteiger partial charge in [-0.3, -0.25) is 9.36 Å². The topological polar surface area (TPSA) is 108 Å². The molecule has 0 aliphatic rings. The third-order valence-corrected chi connectivity index (χ3v) is 15.0. The first-order chi connectivity index (χ1) is 33.0. The second kappa shape index (κ2) is 51.2. The number of nitrogens with zero attached hydrogens (tertiary/aromatic N) is 1. The molecule has 0 aromatic heterocycles. The van der Waals surface area contributed by atoms with Gasteiger partial charge in [-0.1, -0.05) is 296 Å². The second-order valence-electron chi connectivity index (χ2n) is 22.1. The lowest BCUT2D eigenvalue weighted by atomic mass is 10.0. The number of rotatable bonds is 56. The van der Waals surface area contributed by atoms with Crippen molar-refractivity contribution in [3.8, 4) is 0 Å². The lowest BCUT2D eigenvalue weighted by molar-refractivity contribution is -0.870. The maximum Gasteiger partial charge on any atom is 0.268 e. The highest BCUT2D eigenvalue weighted by Crippen LogP contribution is 2.38. The van der Waals surface area contributed by atoms with Gasteiger partial charge >= 0.3 is 0 Å². The number of aliphatic hydroxyl groups is 1. The molecule has 3 atom stereocenters. The number of carbonyl (C=O) groups excluding carboxylic acids is 1. The van der Waals surface area contributed by atoms with Gasteiger partial charge < -0.3 is 28.8 Å². The standard InChI is InChI=1S/C59H119N2O6P/c1-6-8-10-12-14-16-18-20-22-24-25-26-27-28-29-30-31-32-33-34-35-36-37-38-40-42-44-46-48-50-52-58(62)57(56-67-68(64,65)66-55-54-61(3,4)5)60-59(63)53-51-49-47-45-43-41-39-23-21-19-17-15-13-11-9-7-2/h50,52,57-58,62H,6-49,51,53-56H2,1-5H3,(H-,60,63,64,65)/b52-50+. The molecule has 406 valence electrons. The molecule has 0 heterocycles. The predicted octanol–water partition coefficient (Wildman–Crippen LogP) is 17.6. The smallest absolute Gasteiger partial charge is 0.268 e. The highest BCUT2D eigenvalue weighted by atomic mass is 31.2. The molecule has 8 nitrogen and oxygen atoms in total. The molecule has 0 saturated carbocycles. The summed E-state index contributed by atoms with van der Waals surface area (Å²) in [6.45, 7) is 4.70. The van der Waals surface area contributed by atoms with Crippen molar-refractivity contribution in [1.29, 1.82) is 0 Å². The summed E-state index contributed by atoms with van der Waals surface area (Å²) in [5.41, 5.74) is 0. The number of carbonyl (C=O) groups is 1. The van der Waals surface area contributed by atoms with E-state index < -0.39 is 20.0 Å². The van der Waals surface area contributed by atoms with E-state index in [1.165, 1.54) is 250 Å². The molecule has 68 heavy (non-hydrogen) atoms. The Hall–Kier alpha value is -0.760. The first-order valence-electron chi connectivity index (χ1n) is 30.1. The van der Waals surface area contributed by atoms with Crippen LogP contribution in [-0.2, 0) is 18.4 Å². The summed E-state index contributed by atoms with van der Waals surface area (Å²) in [6.07, 6.45) is 63.0. The summed E-state index contributed by atoms with van der Waals surface area (Å²) in [5.74, 6) is -0.191. The molecule has 0 aliphatic carbocycles. The number of hydrogen-bond donors (Lipinski definition) is 2. The fraction of sp³-hybridized carbons (Fsp3) is 0.949. The zero-order valence-electron chi connectivity index (χ0n) is 46.3. The molecule has 0 spiro atoms. The van der Waals surface area contributed by atoms with Gasteiger partial charge in [0, 0.05) is 6.42 Å². The normalized spacial score (nSPS) is 13.9. The first kappa shape index (κ1) is 67.2. The summed E-state index contributed by atoms with van der Waals surface area (Å²) in [5, 5.41) is 13.9. The maximum atomic E-state index is 12.9. The molecule has 1 amide bonds. The van der Waals surface area contributed by atoms with E-state index in [4.69, 9.17) is 9.05 Å². The molecule has 0 rings (SSSR count). The van der Waals surface area contributed by atoms with Crippen molar-refractivity contribution < 1.29 is 32.9 Å². The number of unbranched alkanes of at least 4 members (excludes halogenated alkanes) is 43. The van der Waals surface area contributed by atoms with Crippen LogP contribution in [0.15, 0.2) is 12.2 Å². The Labute approximate surface area is 424 Å². The average Bonchev–Trinajstić information content (AvgIpc) is 3.30. The van der Waals surface area contributed by atoms with E-state index in [0.717, 1.165) is 38.5 Å². The van der Waals surface area contributed by atoms with E-state index in [2.05, 4.69) is 19.2 Å². The van der Waals surface area contributed by atoms with Crippen LogP contribution in [0.4, 0.5) is 0 Å². The molecule has 9 heteroatoms. The molecule has 0 aromatic rings. The summed E-state index contributed by atoms with van der Waals surface area (Å²) in [7, 11) is 1.28. The zero-order chi connectivity index (χ0) is 49.9. The summed E-state index contributed by atoms with van der Waals surface area (Å²) in [6, 6.07) is -0.882. The van der Waals surface area contributed by atoms with E-state index in [1.54, 1.807) is 6.08 Å². The van der Waals surface area contributed by atoms with Crippen LogP contribution in [0.5, 0.6) is 0 Å². The monoisotopic (exact) mass is 983 g/mol. The van der Waals surface area contributed by atoms with Gasteiger partial charge in [0.05, 0.1) is 39.9 Å². The van der Waals surface area contributed by atoms with Gasteiger partial charge in [-0.25, -0.2) is 0 Å². The third kappa shape index (κ3) is 53.0. The molecule has 0 aromatic carbocycles. The van der Waals surface area contributed by atoms with E-state index >= 15 is 0 Å². The molecule has 3 unspecified atom stereocenters. The molecule has 0 aliphatic heterocycles. The first-order valence-corrected chi connectivity index (χ1v) is 31.5. The average molecular weight is 984 g/mol. The zero-order valence-corrected chi connectivity index (χ0v) is 47.2. The minimum Gasteiger partial charge on any atom is -0.756 e. The number of quaternary nitrogens is 1. The van der Waals surface area contributed by atoms with E-state index in [0.29, 0.717) is 17.4 Å². The summed E-state index contributed by atoms with van der Waals surface area (Å²) >= 11 is 0. The molecule has 0 radical (unpaired) electrons. The Morgan fingerprint density at radius 2 is 0.794 bits per heavy atom. The van der Waals surface area contributed by atoms with Crippen molar-refractivity contribution >= 4 is 13.7 Å². The number of phosphoric acid groups is 1. The molecule has 0 bridgehead atoms. The lowest BCUT2D eigenvalue weighted by Crippen LogP contribution is -2.45. The number of aliphatic hydroxyl groups excluding tert-OH is 1. The Morgan fingerprint density at radius 3 is 1.10 bits per heavy atom. The van der Waals surface area contributed by atoms with Gasteiger partial charge in [-0.2, -0.15) is 0 Å². The highest BCUT2D eigenvalue weighted by Gasteiger charge is 2.23. The SMILES string of the molecule is CCCCCCCCCCCCCCCCCCCCCCCCCCCCCC/C=C/C(O)C(COP(=O)([O-])OCC[N+](C)(C)C)NC(=O)CCCCCCCCCCCCCCCCCC. The molecular weight excluding hydrogens is 864 g/mol. The number of nitrogens with one attached hydrogen (secondary N) is 1. The number of phosphoric ester groups is 1. The van der Waals surface area contributed by atoms with E-state index in [1.807, 2.05) is 27.2 Å².